The first-order chi connectivity index (χ1) is 11.7. The molecule has 1 heterocycles. The van der Waals surface area contributed by atoms with Gasteiger partial charge in [-0.05, 0) is 39.0 Å². The lowest BCUT2D eigenvalue weighted by Crippen LogP contribution is -2.39. The van der Waals surface area contributed by atoms with Gasteiger partial charge in [-0.3, -0.25) is 4.99 Å². The molecule has 25 heavy (non-hydrogen) atoms. The molecule has 1 aromatic heterocycles. The molecule has 0 bridgehead atoms. The largest absolute Gasteiger partial charge is 0.462 e. The predicted molar refractivity (Wildman–Crippen MR) is 104 cm³/mol. The van der Waals surface area contributed by atoms with Gasteiger partial charge in [0, 0.05) is 13.6 Å². The summed E-state index contributed by atoms with van der Waals surface area (Å²) in [5.74, 6) is 0.438. The molecule has 1 rings (SSSR count). The minimum Gasteiger partial charge on any atom is -0.462 e. The zero-order valence-corrected chi connectivity index (χ0v) is 17.3. The molecule has 0 spiro atoms. The van der Waals surface area contributed by atoms with Gasteiger partial charge in [-0.1, -0.05) is 20.8 Å². The van der Waals surface area contributed by atoms with Crippen molar-refractivity contribution in [3.05, 3.63) is 15.6 Å². The van der Waals surface area contributed by atoms with Crippen molar-refractivity contribution in [1.29, 1.82) is 0 Å². The summed E-state index contributed by atoms with van der Waals surface area (Å²) in [6.07, 6.45) is 2.24. The molecule has 0 radical (unpaired) electrons. The maximum absolute atomic E-state index is 11.9. The first-order valence-corrected chi connectivity index (χ1v) is 9.61. The Balaban J connectivity index is 2.60. The lowest BCUT2D eigenvalue weighted by molar-refractivity contribution is 0.0531. The van der Waals surface area contributed by atoms with E-state index in [0.717, 1.165) is 30.4 Å². The number of carbonyl (C=O) groups excluding carboxylic acids is 1. The molecule has 1 atom stereocenters. The van der Waals surface area contributed by atoms with Gasteiger partial charge >= 0.3 is 5.97 Å². The highest BCUT2D eigenvalue weighted by Gasteiger charge is 2.20. The van der Waals surface area contributed by atoms with Crippen molar-refractivity contribution >= 4 is 23.3 Å². The van der Waals surface area contributed by atoms with Crippen molar-refractivity contribution in [3.8, 4) is 0 Å². The number of guanidine groups is 1. The monoisotopic (exact) mass is 368 g/mol. The lowest BCUT2D eigenvalue weighted by atomic mass is 9.91. The van der Waals surface area contributed by atoms with Gasteiger partial charge in [-0.15, -0.1) is 11.3 Å². The minimum atomic E-state index is -0.305. The van der Waals surface area contributed by atoms with E-state index in [4.69, 9.17) is 4.74 Å². The maximum Gasteiger partial charge on any atom is 0.350 e. The molecular formula is C18H32N4O2S. The molecule has 7 heteroatoms. The first-order valence-electron chi connectivity index (χ1n) is 8.79. The topological polar surface area (TPSA) is 75.6 Å². The number of aromatic nitrogens is 1. The molecule has 0 amide bonds. The number of thiazole rings is 1. The molecule has 0 aliphatic heterocycles. The number of esters is 1. The Hall–Kier alpha value is -1.63. The summed E-state index contributed by atoms with van der Waals surface area (Å²) < 4.78 is 5.07. The number of carbonyl (C=O) groups is 1. The SMILES string of the molecule is CCOC(=O)c1sc(C(C)NC(=NC)NCCCC(C)(C)C)nc1C. The van der Waals surface area contributed by atoms with E-state index in [1.54, 1.807) is 14.0 Å². The highest BCUT2D eigenvalue weighted by Crippen LogP contribution is 2.24. The molecule has 0 saturated carbocycles. The van der Waals surface area contributed by atoms with Crippen LogP contribution in [-0.4, -0.2) is 37.1 Å². The second-order valence-corrected chi connectivity index (χ2v) is 8.25. The van der Waals surface area contributed by atoms with Gasteiger partial charge in [0.05, 0.1) is 18.3 Å². The Kier molecular flexibility index (Phi) is 8.35. The molecule has 0 aliphatic rings. The third-order valence-electron chi connectivity index (χ3n) is 3.62. The highest BCUT2D eigenvalue weighted by molar-refractivity contribution is 7.13. The van der Waals surface area contributed by atoms with Crippen LogP contribution in [0.2, 0.25) is 0 Å². The van der Waals surface area contributed by atoms with Crippen LogP contribution in [0.1, 0.15) is 73.9 Å². The number of nitrogens with zero attached hydrogens (tertiary/aromatic N) is 2. The molecule has 142 valence electrons. The average Bonchev–Trinajstić information content (AvgIpc) is 2.91. The number of nitrogens with one attached hydrogen (secondary N) is 2. The summed E-state index contributed by atoms with van der Waals surface area (Å²) in [7, 11) is 1.75. The third kappa shape index (κ3) is 7.42. The number of ether oxygens (including phenoxy) is 1. The van der Waals surface area contributed by atoms with E-state index < -0.39 is 0 Å². The van der Waals surface area contributed by atoms with Gasteiger partial charge < -0.3 is 15.4 Å². The van der Waals surface area contributed by atoms with Crippen LogP contribution in [0.25, 0.3) is 0 Å². The molecule has 0 aliphatic carbocycles. The van der Waals surface area contributed by atoms with E-state index in [-0.39, 0.29) is 12.0 Å². The fraction of sp³-hybridized carbons (Fsp3) is 0.722. The summed E-state index contributed by atoms with van der Waals surface area (Å²) in [5.41, 5.74) is 1.05. The highest BCUT2D eigenvalue weighted by atomic mass is 32.1. The van der Waals surface area contributed by atoms with Crippen molar-refractivity contribution in [1.82, 2.24) is 15.6 Å². The van der Waals surface area contributed by atoms with Crippen molar-refractivity contribution in [2.75, 3.05) is 20.2 Å². The van der Waals surface area contributed by atoms with E-state index in [9.17, 15) is 4.79 Å². The third-order valence-corrected chi connectivity index (χ3v) is 4.94. The summed E-state index contributed by atoms with van der Waals surface area (Å²) in [4.78, 5) is 21.3. The molecule has 6 nitrogen and oxygen atoms in total. The molecule has 0 aromatic carbocycles. The van der Waals surface area contributed by atoms with E-state index in [0.29, 0.717) is 22.6 Å². The number of aliphatic imine (C=N–C) groups is 1. The molecule has 0 saturated heterocycles. The predicted octanol–water partition coefficient (Wildman–Crippen LogP) is 3.68. The lowest BCUT2D eigenvalue weighted by Gasteiger charge is -2.19. The zero-order chi connectivity index (χ0) is 19.0. The van der Waals surface area contributed by atoms with Gasteiger partial charge in [0.2, 0.25) is 0 Å². The fourth-order valence-corrected chi connectivity index (χ4v) is 3.24. The van der Waals surface area contributed by atoms with Gasteiger partial charge in [-0.25, -0.2) is 9.78 Å². The van der Waals surface area contributed by atoms with Crippen molar-refractivity contribution in [2.45, 2.75) is 60.4 Å². The van der Waals surface area contributed by atoms with E-state index in [2.05, 4.69) is 41.4 Å². The zero-order valence-electron chi connectivity index (χ0n) is 16.5. The number of hydrogen-bond acceptors (Lipinski definition) is 5. The van der Waals surface area contributed by atoms with E-state index in [1.807, 2.05) is 13.8 Å². The quantitative estimate of drug-likeness (QED) is 0.332. The van der Waals surface area contributed by atoms with Crippen LogP contribution < -0.4 is 10.6 Å². The number of aryl methyl sites for hydroxylation is 1. The number of rotatable bonds is 7. The van der Waals surface area contributed by atoms with E-state index >= 15 is 0 Å². The average molecular weight is 369 g/mol. The van der Waals surface area contributed by atoms with Crippen LogP contribution in [0.5, 0.6) is 0 Å². The van der Waals surface area contributed by atoms with Crippen molar-refractivity contribution in [2.24, 2.45) is 10.4 Å². The van der Waals surface area contributed by atoms with Crippen LogP contribution >= 0.6 is 11.3 Å². The molecule has 1 aromatic rings. The summed E-state index contributed by atoms with van der Waals surface area (Å²) in [6, 6.07) is -0.0410. The van der Waals surface area contributed by atoms with Gasteiger partial charge in [0.1, 0.15) is 9.88 Å². The minimum absolute atomic E-state index is 0.0410. The Morgan fingerprint density at radius 2 is 2.08 bits per heavy atom. The molecule has 1 unspecified atom stereocenters. The van der Waals surface area contributed by atoms with Crippen LogP contribution in [-0.2, 0) is 4.74 Å². The molecule has 2 N–H and O–H groups in total. The number of hydrogen-bond donors (Lipinski definition) is 2. The van der Waals surface area contributed by atoms with Gasteiger partial charge in [0.25, 0.3) is 0 Å². The Morgan fingerprint density at radius 1 is 1.40 bits per heavy atom. The van der Waals surface area contributed by atoms with Crippen molar-refractivity contribution in [3.63, 3.8) is 0 Å². The maximum atomic E-state index is 11.9. The second-order valence-electron chi connectivity index (χ2n) is 7.22. The van der Waals surface area contributed by atoms with Crippen LogP contribution in [0.4, 0.5) is 0 Å². The second kappa shape index (κ2) is 9.75. The first kappa shape index (κ1) is 21.4. The van der Waals surface area contributed by atoms with Crippen LogP contribution in [0, 0.1) is 12.3 Å². The van der Waals surface area contributed by atoms with Gasteiger partial charge in [0.15, 0.2) is 5.96 Å². The van der Waals surface area contributed by atoms with Crippen LogP contribution in [0.3, 0.4) is 0 Å². The van der Waals surface area contributed by atoms with E-state index in [1.165, 1.54) is 11.3 Å². The normalized spacial score (nSPS) is 13.5. The standard InChI is InChI=1S/C18H32N4O2S/c1-8-24-16(23)14-12(2)21-15(25-14)13(3)22-17(19-7)20-11-9-10-18(4,5)6/h13H,8-11H2,1-7H3,(H2,19,20,22). The summed E-state index contributed by atoms with van der Waals surface area (Å²) in [5, 5.41) is 7.50. The molecular weight excluding hydrogens is 336 g/mol. The Morgan fingerprint density at radius 3 is 2.64 bits per heavy atom. The van der Waals surface area contributed by atoms with Crippen LogP contribution in [0.15, 0.2) is 4.99 Å². The fourth-order valence-electron chi connectivity index (χ4n) is 2.28. The summed E-state index contributed by atoms with van der Waals surface area (Å²) in [6.45, 7) is 13.6. The summed E-state index contributed by atoms with van der Waals surface area (Å²) >= 11 is 1.37. The smallest absolute Gasteiger partial charge is 0.350 e. The van der Waals surface area contributed by atoms with Gasteiger partial charge in [-0.2, -0.15) is 0 Å². The Bertz CT molecular complexity index is 590. The van der Waals surface area contributed by atoms with Crippen molar-refractivity contribution < 1.29 is 9.53 Å². The molecule has 0 fully saturated rings. The Labute approximate surface area is 155 Å².